The molecule has 1 heterocycles. The van der Waals surface area contributed by atoms with Crippen molar-refractivity contribution in [3.8, 4) is 0 Å². The Kier molecular flexibility index (Phi) is 8.05. The Morgan fingerprint density at radius 1 is 1.23 bits per heavy atom. The van der Waals surface area contributed by atoms with Gasteiger partial charge in [-0.1, -0.05) is 13.8 Å². The molecule has 0 spiro atoms. The average molecular weight is 383 g/mol. The van der Waals surface area contributed by atoms with Crippen molar-refractivity contribution in [2.24, 2.45) is 11.7 Å². The number of hydrogen-bond acceptors (Lipinski definition) is 4. The first kappa shape index (κ1) is 21.9. The highest BCUT2D eigenvalue weighted by molar-refractivity contribution is 6.01. The summed E-state index contributed by atoms with van der Waals surface area (Å²) in [5.74, 6) is -0.0870. The zero-order valence-corrected chi connectivity index (χ0v) is 16.2. The fraction of sp³-hybridized carbons (Fsp3) is 0.500. The van der Waals surface area contributed by atoms with Crippen molar-refractivity contribution in [3.05, 3.63) is 29.8 Å². The number of nitrogens with two attached hydrogens (primary N) is 1. The number of nitrogens with zero attached hydrogens (tertiary/aromatic N) is 2. The second-order valence-electron chi connectivity index (χ2n) is 6.73. The smallest absolute Gasteiger partial charge is 0.253 e. The Morgan fingerprint density at radius 3 is 2.42 bits per heavy atom. The molecule has 3 N–H and O–H groups in total. The first-order chi connectivity index (χ1) is 11.8. The molecule has 144 valence electrons. The van der Waals surface area contributed by atoms with Gasteiger partial charge in [-0.15, -0.1) is 12.4 Å². The Bertz CT molecular complexity index is 648. The predicted octanol–water partition coefficient (Wildman–Crippen LogP) is 1.71. The van der Waals surface area contributed by atoms with Gasteiger partial charge in [0.15, 0.2) is 0 Å². The summed E-state index contributed by atoms with van der Waals surface area (Å²) in [5.41, 5.74) is 9.62. The standard InChI is InChI=1S/C18H26N4O3.ClH/c1-12(2)15(19)10-11-21(3)18(25)13-4-6-14(7-5-13)22-17(24)9-8-16(23)20-22;/h4-7,12,15H,8-11,19H2,1-3H3,(H,20,23);1H. The molecular weight excluding hydrogens is 356 g/mol. The van der Waals surface area contributed by atoms with Crippen LogP contribution in [0.5, 0.6) is 0 Å². The lowest BCUT2D eigenvalue weighted by Gasteiger charge is -2.27. The van der Waals surface area contributed by atoms with Crippen LogP contribution in [0.2, 0.25) is 0 Å². The molecule has 1 saturated heterocycles. The van der Waals surface area contributed by atoms with E-state index in [2.05, 4.69) is 19.3 Å². The molecule has 0 aliphatic carbocycles. The molecule has 0 aromatic heterocycles. The van der Waals surface area contributed by atoms with Crippen LogP contribution in [-0.4, -0.2) is 42.3 Å². The highest BCUT2D eigenvalue weighted by Crippen LogP contribution is 2.18. The van der Waals surface area contributed by atoms with Gasteiger partial charge in [0.05, 0.1) is 5.69 Å². The summed E-state index contributed by atoms with van der Waals surface area (Å²) < 4.78 is 0. The normalized spacial score (nSPS) is 15.3. The van der Waals surface area contributed by atoms with E-state index >= 15 is 0 Å². The number of benzene rings is 1. The van der Waals surface area contributed by atoms with Gasteiger partial charge in [-0.25, -0.2) is 5.01 Å². The molecule has 1 aliphatic rings. The van der Waals surface area contributed by atoms with Crippen molar-refractivity contribution in [3.63, 3.8) is 0 Å². The van der Waals surface area contributed by atoms with Crippen LogP contribution in [-0.2, 0) is 9.59 Å². The molecule has 1 atom stereocenters. The second-order valence-corrected chi connectivity index (χ2v) is 6.73. The number of amides is 3. The van der Waals surface area contributed by atoms with Gasteiger partial charge in [0.1, 0.15) is 0 Å². The number of hydrazine groups is 1. The van der Waals surface area contributed by atoms with Gasteiger partial charge in [-0.2, -0.15) is 0 Å². The van der Waals surface area contributed by atoms with E-state index in [0.717, 1.165) is 6.42 Å². The van der Waals surface area contributed by atoms with Crippen LogP contribution in [0.25, 0.3) is 0 Å². The predicted molar refractivity (Wildman–Crippen MR) is 103 cm³/mol. The third-order valence-electron chi connectivity index (χ3n) is 4.43. The number of rotatable bonds is 6. The minimum atomic E-state index is -0.194. The number of carbonyl (C=O) groups is 3. The number of anilines is 1. The molecule has 26 heavy (non-hydrogen) atoms. The minimum Gasteiger partial charge on any atom is -0.342 e. The molecule has 3 amide bonds. The van der Waals surface area contributed by atoms with E-state index < -0.39 is 0 Å². The summed E-state index contributed by atoms with van der Waals surface area (Å²) in [6.07, 6.45) is 1.13. The van der Waals surface area contributed by atoms with Gasteiger partial charge in [-0.05, 0) is 36.6 Å². The van der Waals surface area contributed by atoms with Crippen molar-refractivity contribution in [2.45, 2.75) is 39.2 Å². The summed E-state index contributed by atoms with van der Waals surface area (Å²) in [5, 5.41) is 1.23. The molecule has 2 rings (SSSR count). The van der Waals surface area contributed by atoms with Crippen molar-refractivity contribution in [2.75, 3.05) is 18.6 Å². The molecule has 1 aliphatic heterocycles. The Labute approximate surface area is 160 Å². The van der Waals surface area contributed by atoms with Crippen molar-refractivity contribution in [1.82, 2.24) is 10.3 Å². The van der Waals surface area contributed by atoms with Crippen molar-refractivity contribution in [1.29, 1.82) is 0 Å². The fourth-order valence-corrected chi connectivity index (χ4v) is 2.53. The van der Waals surface area contributed by atoms with Crippen molar-refractivity contribution < 1.29 is 14.4 Å². The molecule has 8 heteroatoms. The molecule has 0 radical (unpaired) electrons. The van der Waals surface area contributed by atoms with Crippen LogP contribution < -0.4 is 16.2 Å². The largest absolute Gasteiger partial charge is 0.342 e. The zero-order valence-electron chi connectivity index (χ0n) is 15.4. The summed E-state index contributed by atoms with van der Waals surface area (Å²) >= 11 is 0. The van der Waals surface area contributed by atoms with Crippen molar-refractivity contribution >= 4 is 35.8 Å². The average Bonchev–Trinajstić information content (AvgIpc) is 2.60. The molecule has 1 fully saturated rings. The van der Waals surface area contributed by atoms with Crippen LogP contribution in [0.4, 0.5) is 5.69 Å². The van der Waals surface area contributed by atoms with Crippen LogP contribution in [0, 0.1) is 5.92 Å². The maximum atomic E-state index is 12.5. The fourth-order valence-electron chi connectivity index (χ4n) is 2.53. The lowest BCUT2D eigenvalue weighted by molar-refractivity contribution is -0.130. The monoisotopic (exact) mass is 382 g/mol. The van der Waals surface area contributed by atoms with Crippen LogP contribution >= 0.6 is 12.4 Å². The van der Waals surface area contributed by atoms with E-state index in [1.165, 1.54) is 5.01 Å². The Balaban J connectivity index is 0.00000338. The van der Waals surface area contributed by atoms with Gasteiger partial charge < -0.3 is 10.6 Å². The van der Waals surface area contributed by atoms with Crippen LogP contribution in [0.1, 0.15) is 43.5 Å². The summed E-state index contributed by atoms with van der Waals surface area (Å²) in [7, 11) is 1.75. The topological polar surface area (TPSA) is 95.7 Å². The van der Waals surface area contributed by atoms with E-state index in [1.807, 2.05) is 0 Å². The number of carbonyl (C=O) groups excluding carboxylic acids is 3. The highest BCUT2D eigenvalue weighted by atomic mass is 35.5. The van der Waals surface area contributed by atoms with E-state index in [-0.39, 0.29) is 49.0 Å². The number of hydrogen-bond donors (Lipinski definition) is 2. The maximum absolute atomic E-state index is 12.5. The molecule has 0 saturated carbocycles. The SMILES string of the molecule is CC(C)C(N)CCN(C)C(=O)c1ccc(N2NC(=O)CCC2=O)cc1.Cl. The van der Waals surface area contributed by atoms with E-state index in [4.69, 9.17) is 5.73 Å². The highest BCUT2D eigenvalue weighted by Gasteiger charge is 2.24. The third kappa shape index (κ3) is 5.44. The summed E-state index contributed by atoms with van der Waals surface area (Å²) in [6.45, 7) is 4.71. The van der Waals surface area contributed by atoms with Gasteiger partial charge in [0, 0.05) is 38.0 Å². The molecule has 1 aromatic rings. The van der Waals surface area contributed by atoms with E-state index in [1.54, 1.807) is 36.2 Å². The zero-order chi connectivity index (χ0) is 18.6. The summed E-state index contributed by atoms with van der Waals surface area (Å²) in [4.78, 5) is 37.5. The summed E-state index contributed by atoms with van der Waals surface area (Å²) in [6, 6.07) is 6.69. The van der Waals surface area contributed by atoms with Crippen LogP contribution in [0.3, 0.4) is 0 Å². The first-order valence-electron chi connectivity index (χ1n) is 8.53. The van der Waals surface area contributed by atoms with Gasteiger partial charge in [0.2, 0.25) is 11.8 Å². The first-order valence-corrected chi connectivity index (χ1v) is 8.53. The van der Waals surface area contributed by atoms with Gasteiger partial charge in [-0.3, -0.25) is 19.8 Å². The quantitative estimate of drug-likeness (QED) is 0.782. The number of nitrogens with one attached hydrogen (secondary N) is 1. The van der Waals surface area contributed by atoms with E-state index in [0.29, 0.717) is 23.7 Å². The molecule has 1 unspecified atom stereocenters. The van der Waals surface area contributed by atoms with E-state index in [9.17, 15) is 14.4 Å². The number of halogens is 1. The Morgan fingerprint density at radius 2 is 1.85 bits per heavy atom. The molecule has 0 bridgehead atoms. The lowest BCUT2D eigenvalue weighted by Crippen LogP contribution is -2.50. The maximum Gasteiger partial charge on any atom is 0.253 e. The van der Waals surface area contributed by atoms with Gasteiger partial charge in [0.25, 0.3) is 5.91 Å². The lowest BCUT2D eigenvalue weighted by atomic mass is 10.0. The molecule has 1 aromatic carbocycles. The molecule has 7 nitrogen and oxygen atoms in total. The van der Waals surface area contributed by atoms with Crippen LogP contribution in [0.15, 0.2) is 24.3 Å². The Hall–Kier alpha value is -2.12. The van der Waals surface area contributed by atoms with Gasteiger partial charge >= 0.3 is 0 Å². The minimum absolute atomic E-state index is 0. The second kappa shape index (κ2) is 9.54. The molecular formula is C18H27ClN4O3. The third-order valence-corrected chi connectivity index (χ3v) is 4.43.